The quantitative estimate of drug-likeness (QED) is 0.398. The van der Waals surface area contributed by atoms with Crippen LogP contribution in [0.5, 0.6) is 0 Å². The third kappa shape index (κ3) is 5.45. The average molecular weight is 492 g/mol. The Balaban J connectivity index is 0.00000243. The van der Waals surface area contributed by atoms with Gasteiger partial charge in [-0.1, -0.05) is 6.92 Å². The molecule has 148 valence electrons. The summed E-state index contributed by atoms with van der Waals surface area (Å²) in [7, 11) is 0. The zero-order chi connectivity index (χ0) is 17.9. The third-order valence-electron chi connectivity index (χ3n) is 5.43. The van der Waals surface area contributed by atoms with Crippen molar-refractivity contribution in [3.8, 4) is 0 Å². The number of hydrogen-bond acceptors (Lipinski definition) is 5. The molecule has 3 rings (SSSR count). The summed E-state index contributed by atoms with van der Waals surface area (Å²) in [4.78, 5) is 16.3. The van der Waals surface area contributed by atoms with Crippen molar-refractivity contribution < 1.29 is 0 Å². The van der Waals surface area contributed by atoms with Gasteiger partial charge in [0.25, 0.3) is 0 Å². The monoisotopic (exact) mass is 492 g/mol. The van der Waals surface area contributed by atoms with Gasteiger partial charge < -0.3 is 15.5 Å². The molecule has 0 spiro atoms. The van der Waals surface area contributed by atoms with E-state index in [-0.39, 0.29) is 29.5 Å². The molecule has 0 amide bonds. The van der Waals surface area contributed by atoms with Crippen molar-refractivity contribution in [2.45, 2.75) is 39.2 Å². The lowest BCUT2D eigenvalue weighted by Crippen LogP contribution is -2.53. The molecule has 2 aliphatic heterocycles. The van der Waals surface area contributed by atoms with Crippen LogP contribution in [0.25, 0.3) is 0 Å². The maximum atomic E-state index is 6.30. The molecule has 0 aromatic carbocycles. The zero-order valence-corrected chi connectivity index (χ0v) is 19.4. The molecule has 26 heavy (non-hydrogen) atoms. The maximum absolute atomic E-state index is 6.30. The highest BCUT2D eigenvalue weighted by atomic mass is 127. The normalized spacial score (nSPS) is 23.0. The lowest BCUT2D eigenvalue weighted by molar-refractivity contribution is 0.0773. The topological polar surface area (TPSA) is 61.0 Å². The summed E-state index contributed by atoms with van der Waals surface area (Å²) in [5.41, 5.74) is 6.37. The minimum atomic E-state index is 0. The van der Waals surface area contributed by atoms with E-state index in [1.165, 1.54) is 25.9 Å². The minimum Gasteiger partial charge on any atom is -0.370 e. The van der Waals surface area contributed by atoms with Gasteiger partial charge in [0, 0.05) is 49.8 Å². The molecule has 0 bridgehead atoms. The molecule has 1 aromatic heterocycles. The summed E-state index contributed by atoms with van der Waals surface area (Å²) in [6.07, 6.45) is 4.51. The SMILES string of the molecule is CC1CCCN(C(C)(C)CN=C(N)N2CCN(c3nccs3)CC2)C1.I. The van der Waals surface area contributed by atoms with E-state index in [1.807, 2.05) is 11.6 Å². The summed E-state index contributed by atoms with van der Waals surface area (Å²) >= 11 is 1.70. The summed E-state index contributed by atoms with van der Waals surface area (Å²) < 4.78 is 0. The Hall–Kier alpha value is -0.610. The number of rotatable bonds is 4. The van der Waals surface area contributed by atoms with E-state index in [1.54, 1.807) is 11.3 Å². The van der Waals surface area contributed by atoms with Crippen molar-refractivity contribution >= 4 is 46.4 Å². The molecular formula is C18H33IN6S. The largest absolute Gasteiger partial charge is 0.370 e. The summed E-state index contributed by atoms with van der Waals surface area (Å²) in [6.45, 7) is 13.8. The number of aromatic nitrogens is 1. The Morgan fingerprint density at radius 2 is 2.04 bits per heavy atom. The molecule has 0 radical (unpaired) electrons. The highest BCUT2D eigenvalue weighted by Gasteiger charge is 2.30. The average Bonchev–Trinajstić information content (AvgIpc) is 3.14. The van der Waals surface area contributed by atoms with Gasteiger partial charge in [-0.15, -0.1) is 35.3 Å². The second-order valence-electron chi connectivity index (χ2n) is 7.97. The van der Waals surface area contributed by atoms with E-state index >= 15 is 0 Å². The van der Waals surface area contributed by atoms with Gasteiger partial charge in [0.2, 0.25) is 0 Å². The Morgan fingerprint density at radius 3 is 2.65 bits per heavy atom. The van der Waals surface area contributed by atoms with Crippen molar-refractivity contribution in [2.24, 2.45) is 16.6 Å². The molecule has 2 fully saturated rings. The number of halogens is 1. The molecule has 1 unspecified atom stereocenters. The van der Waals surface area contributed by atoms with E-state index in [9.17, 15) is 0 Å². The van der Waals surface area contributed by atoms with Gasteiger partial charge in [-0.2, -0.15) is 0 Å². The fourth-order valence-corrected chi connectivity index (χ4v) is 4.41. The van der Waals surface area contributed by atoms with Crippen molar-refractivity contribution in [1.82, 2.24) is 14.8 Å². The number of guanidine groups is 1. The first-order chi connectivity index (χ1) is 12.0. The predicted octanol–water partition coefficient (Wildman–Crippen LogP) is 2.71. The number of hydrogen-bond donors (Lipinski definition) is 1. The Bertz CT molecular complexity index is 568. The summed E-state index contributed by atoms with van der Waals surface area (Å²) in [5, 5.41) is 3.14. The number of nitrogens with two attached hydrogens (primary N) is 1. The molecule has 2 saturated heterocycles. The second-order valence-corrected chi connectivity index (χ2v) is 8.84. The Morgan fingerprint density at radius 1 is 1.31 bits per heavy atom. The van der Waals surface area contributed by atoms with Crippen LogP contribution in [0.2, 0.25) is 0 Å². The molecule has 0 saturated carbocycles. The van der Waals surface area contributed by atoms with Crippen molar-refractivity contribution in [3.63, 3.8) is 0 Å². The summed E-state index contributed by atoms with van der Waals surface area (Å²) in [5.74, 6) is 1.48. The standard InChI is InChI=1S/C18H32N6S.HI/c1-15-5-4-7-24(13-15)18(2,3)14-21-16(19)22-8-10-23(11-9-22)17-20-6-12-25-17;/h6,12,15H,4-5,7-11,13-14H2,1-3H3,(H2,19,21);1H. The van der Waals surface area contributed by atoms with Gasteiger partial charge in [0.1, 0.15) is 0 Å². The minimum absolute atomic E-state index is 0. The maximum Gasteiger partial charge on any atom is 0.191 e. The number of aliphatic imine (C=N–C) groups is 1. The van der Waals surface area contributed by atoms with Crippen molar-refractivity contribution in [3.05, 3.63) is 11.6 Å². The van der Waals surface area contributed by atoms with Crippen LogP contribution in [0.3, 0.4) is 0 Å². The molecule has 2 aliphatic rings. The number of nitrogens with zero attached hydrogens (tertiary/aromatic N) is 5. The number of piperazine rings is 1. The highest BCUT2D eigenvalue weighted by Crippen LogP contribution is 2.24. The fourth-order valence-electron chi connectivity index (χ4n) is 3.71. The Kier molecular flexibility index (Phi) is 7.96. The first kappa shape index (κ1) is 21.7. The lowest BCUT2D eigenvalue weighted by Gasteiger charge is -2.42. The van der Waals surface area contributed by atoms with E-state index < -0.39 is 0 Å². The number of anilines is 1. The molecule has 3 heterocycles. The molecule has 6 nitrogen and oxygen atoms in total. The first-order valence-electron chi connectivity index (χ1n) is 9.40. The second kappa shape index (κ2) is 9.54. The van der Waals surface area contributed by atoms with Crippen LogP contribution in [-0.2, 0) is 0 Å². The Labute approximate surface area is 178 Å². The molecule has 2 N–H and O–H groups in total. The van der Waals surface area contributed by atoms with E-state index in [0.29, 0.717) is 5.96 Å². The van der Waals surface area contributed by atoms with Crippen LogP contribution >= 0.6 is 35.3 Å². The third-order valence-corrected chi connectivity index (χ3v) is 6.27. The number of thiazole rings is 1. The summed E-state index contributed by atoms with van der Waals surface area (Å²) in [6, 6.07) is 0. The van der Waals surface area contributed by atoms with Gasteiger partial charge in [-0.3, -0.25) is 9.89 Å². The smallest absolute Gasteiger partial charge is 0.191 e. The molecule has 8 heteroatoms. The van der Waals surface area contributed by atoms with Gasteiger partial charge >= 0.3 is 0 Å². The van der Waals surface area contributed by atoms with Crippen LogP contribution in [0, 0.1) is 5.92 Å². The van der Waals surface area contributed by atoms with Crippen LogP contribution < -0.4 is 10.6 Å². The molecule has 1 aromatic rings. The highest BCUT2D eigenvalue weighted by molar-refractivity contribution is 14.0. The molecular weight excluding hydrogens is 459 g/mol. The predicted molar refractivity (Wildman–Crippen MR) is 122 cm³/mol. The molecule has 1 atom stereocenters. The molecule has 0 aliphatic carbocycles. The van der Waals surface area contributed by atoms with Gasteiger partial charge in [-0.05, 0) is 39.2 Å². The van der Waals surface area contributed by atoms with E-state index in [2.05, 4.69) is 40.5 Å². The van der Waals surface area contributed by atoms with Crippen LogP contribution in [-0.4, -0.2) is 72.1 Å². The first-order valence-corrected chi connectivity index (χ1v) is 10.3. The number of likely N-dealkylation sites (tertiary alicyclic amines) is 1. The van der Waals surface area contributed by atoms with Crippen LogP contribution in [0.1, 0.15) is 33.6 Å². The van der Waals surface area contributed by atoms with Gasteiger partial charge in [0.15, 0.2) is 11.1 Å². The zero-order valence-electron chi connectivity index (χ0n) is 16.2. The van der Waals surface area contributed by atoms with E-state index in [4.69, 9.17) is 10.7 Å². The van der Waals surface area contributed by atoms with Crippen LogP contribution in [0.15, 0.2) is 16.6 Å². The fraction of sp³-hybridized carbons (Fsp3) is 0.778. The van der Waals surface area contributed by atoms with Gasteiger partial charge in [-0.25, -0.2) is 4.98 Å². The van der Waals surface area contributed by atoms with Crippen LogP contribution in [0.4, 0.5) is 5.13 Å². The van der Waals surface area contributed by atoms with Crippen molar-refractivity contribution in [2.75, 3.05) is 50.7 Å². The van der Waals surface area contributed by atoms with Crippen molar-refractivity contribution in [1.29, 1.82) is 0 Å². The number of piperidine rings is 1. The van der Waals surface area contributed by atoms with Gasteiger partial charge in [0.05, 0.1) is 6.54 Å². The lowest BCUT2D eigenvalue weighted by atomic mass is 9.94. The van der Waals surface area contributed by atoms with E-state index in [0.717, 1.165) is 43.8 Å².